The number of benzene rings is 5. The summed E-state index contributed by atoms with van der Waals surface area (Å²) < 4.78 is 6.21. The molecule has 1 atom stereocenters. The fourth-order valence-corrected chi connectivity index (χ4v) is 7.29. The van der Waals surface area contributed by atoms with Gasteiger partial charge in [-0.1, -0.05) is 139 Å². The number of hydrogen-bond acceptors (Lipinski definition) is 5. The Bertz CT molecular complexity index is 1840. The van der Waals surface area contributed by atoms with E-state index in [1.54, 1.807) is 0 Å². The van der Waals surface area contributed by atoms with Gasteiger partial charge in [-0.15, -0.1) is 0 Å². The van der Waals surface area contributed by atoms with Crippen molar-refractivity contribution < 1.29 is 14.3 Å². The van der Waals surface area contributed by atoms with E-state index in [4.69, 9.17) is 4.74 Å². The molecule has 5 aromatic rings. The summed E-state index contributed by atoms with van der Waals surface area (Å²) in [7, 11) is 0. The zero-order valence-corrected chi connectivity index (χ0v) is 24.3. The lowest BCUT2D eigenvalue weighted by Crippen LogP contribution is -2.37. The van der Waals surface area contributed by atoms with Gasteiger partial charge in [-0.3, -0.25) is 4.79 Å². The number of esters is 1. The maximum Gasteiger partial charge on any atom is 0.381 e. The van der Waals surface area contributed by atoms with Gasteiger partial charge in [0.1, 0.15) is 0 Å². The van der Waals surface area contributed by atoms with Gasteiger partial charge in [0.25, 0.3) is 5.78 Å². The van der Waals surface area contributed by atoms with Crippen molar-refractivity contribution in [3.05, 3.63) is 184 Å². The summed E-state index contributed by atoms with van der Waals surface area (Å²) in [6, 6.07) is 48.1. The smallest absolute Gasteiger partial charge is 0.381 e. The summed E-state index contributed by atoms with van der Waals surface area (Å²) in [5, 5.41) is 0.843. The van der Waals surface area contributed by atoms with E-state index < -0.39 is 16.7 Å². The number of aryl methyl sites for hydroxylation is 1. The van der Waals surface area contributed by atoms with Gasteiger partial charge in [-0.25, -0.2) is 4.79 Å². The molecule has 0 N–H and O–H groups in total. The van der Waals surface area contributed by atoms with Crippen LogP contribution >= 0.6 is 11.8 Å². The Morgan fingerprint density at radius 2 is 1.16 bits per heavy atom. The number of rotatable bonds is 5. The molecule has 0 bridgehead atoms. The number of nitrogens with zero attached hydrogens (tertiary/aromatic N) is 1. The Hall–Kier alpha value is -5.13. The minimum atomic E-state index is -1.38. The number of carbonyl (C=O) groups excluding carboxylic acids is 2. The molecule has 43 heavy (non-hydrogen) atoms. The Kier molecular flexibility index (Phi) is 6.80. The number of hydrogen-bond donors (Lipinski definition) is 0. The average Bonchev–Trinajstić information content (AvgIpc) is 3.32. The number of Topliss-reactive ketones (excluding diaryl/α,β-unsaturated/α-hetero) is 1. The van der Waals surface area contributed by atoms with Crippen LogP contribution in [0.25, 0.3) is 11.3 Å². The highest BCUT2D eigenvalue weighted by Gasteiger charge is 2.59. The first-order valence-corrected chi connectivity index (χ1v) is 14.9. The van der Waals surface area contributed by atoms with Crippen molar-refractivity contribution in [1.82, 2.24) is 0 Å². The van der Waals surface area contributed by atoms with Crippen LogP contribution in [0.2, 0.25) is 0 Å². The van der Waals surface area contributed by atoms with Crippen LogP contribution in [0.1, 0.15) is 27.8 Å². The summed E-state index contributed by atoms with van der Waals surface area (Å²) in [5.41, 5.74) is 7.45. The van der Waals surface area contributed by atoms with E-state index in [0.717, 1.165) is 44.1 Å². The lowest BCUT2D eigenvalue weighted by atomic mass is 9.92. The summed E-state index contributed by atoms with van der Waals surface area (Å²) in [5.74, 6) is -1.49. The molecule has 208 valence electrons. The van der Waals surface area contributed by atoms with Crippen molar-refractivity contribution in [1.29, 1.82) is 0 Å². The van der Waals surface area contributed by atoms with E-state index in [-0.39, 0.29) is 0 Å². The van der Waals surface area contributed by atoms with E-state index in [1.165, 1.54) is 11.8 Å². The fourth-order valence-electron chi connectivity index (χ4n) is 5.73. The highest BCUT2D eigenvalue weighted by Crippen LogP contribution is 2.61. The van der Waals surface area contributed by atoms with E-state index in [0.29, 0.717) is 11.3 Å². The molecule has 1 saturated heterocycles. The largest absolute Gasteiger partial charge is 0.432 e. The van der Waals surface area contributed by atoms with Crippen LogP contribution in [0.15, 0.2) is 156 Å². The predicted molar refractivity (Wildman–Crippen MR) is 173 cm³/mol. The number of fused-ring (bicyclic) bond motifs is 1. The third-order valence-corrected chi connectivity index (χ3v) is 9.10. The number of thioether (sulfide) groups is 1. The van der Waals surface area contributed by atoms with Gasteiger partial charge in [0.15, 0.2) is 0 Å². The molecule has 5 aromatic carbocycles. The maximum atomic E-state index is 14.0. The molecule has 0 radical (unpaired) electrons. The lowest BCUT2D eigenvalue weighted by Gasteiger charge is -2.43. The monoisotopic (exact) mass is 577 g/mol. The van der Waals surface area contributed by atoms with Crippen molar-refractivity contribution >= 4 is 40.5 Å². The molecule has 0 amide bonds. The molecule has 7 rings (SSSR count). The number of ketones is 1. The Morgan fingerprint density at radius 3 is 1.72 bits per heavy atom. The fraction of sp³-hybridized carbons (Fsp3) is 0.0526. The zero-order valence-electron chi connectivity index (χ0n) is 23.4. The minimum absolute atomic E-state index is 0.324. The third-order valence-electron chi connectivity index (χ3n) is 7.71. The lowest BCUT2D eigenvalue weighted by molar-refractivity contribution is -0.150. The van der Waals surface area contributed by atoms with E-state index in [1.807, 2.05) is 97.1 Å². The van der Waals surface area contributed by atoms with Crippen LogP contribution in [0.5, 0.6) is 0 Å². The molecule has 2 aliphatic rings. The van der Waals surface area contributed by atoms with Crippen LogP contribution in [-0.2, 0) is 19.3 Å². The normalized spacial score (nSPS) is 18.0. The van der Waals surface area contributed by atoms with Gasteiger partial charge in [0.05, 0.1) is 16.3 Å². The Balaban J connectivity index is 1.67. The quantitative estimate of drug-likeness (QED) is 0.155. The molecule has 1 unspecified atom stereocenters. The second-order valence-electron chi connectivity index (χ2n) is 10.5. The summed E-state index contributed by atoms with van der Waals surface area (Å²) >= 11 is 1.40. The number of anilines is 1. The van der Waals surface area contributed by atoms with Crippen LogP contribution in [0, 0.1) is 6.92 Å². The Morgan fingerprint density at radius 1 is 0.651 bits per heavy atom. The first-order valence-electron chi connectivity index (χ1n) is 14.1. The molecule has 2 heterocycles. The molecule has 0 aromatic heterocycles. The summed E-state index contributed by atoms with van der Waals surface area (Å²) in [6.07, 6.45) is 0. The Labute approximate surface area is 255 Å². The first kappa shape index (κ1) is 26.7. The van der Waals surface area contributed by atoms with Crippen LogP contribution in [0.3, 0.4) is 0 Å². The van der Waals surface area contributed by atoms with Crippen molar-refractivity contribution in [2.24, 2.45) is 0 Å². The highest BCUT2D eigenvalue weighted by molar-refractivity contribution is 8.04. The van der Waals surface area contributed by atoms with Crippen molar-refractivity contribution in [3.8, 4) is 0 Å². The van der Waals surface area contributed by atoms with Gasteiger partial charge in [-0.2, -0.15) is 0 Å². The van der Waals surface area contributed by atoms with Gasteiger partial charge < -0.3 is 9.64 Å². The van der Waals surface area contributed by atoms with E-state index in [2.05, 4.69) is 60.4 Å². The maximum absolute atomic E-state index is 14.0. The highest BCUT2D eigenvalue weighted by atomic mass is 32.2. The van der Waals surface area contributed by atoms with Crippen LogP contribution in [0.4, 0.5) is 5.69 Å². The van der Waals surface area contributed by atoms with E-state index in [9.17, 15) is 9.59 Å². The van der Waals surface area contributed by atoms with E-state index >= 15 is 0 Å². The van der Waals surface area contributed by atoms with Gasteiger partial charge in [0.2, 0.25) is 4.93 Å². The summed E-state index contributed by atoms with van der Waals surface area (Å²) in [6.45, 7) is 2.05. The van der Waals surface area contributed by atoms with Crippen LogP contribution < -0.4 is 4.90 Å². The number of ether oxygens (including phenoxy) is 1. The standard InChI is InChI=1S/C38H27NO3S/c1-26-22-24-31(25-23-26)39-34(29-18-10-4-11-19-29)33-35(40)37(41)42-38(33,30-20-12-5-13-21-30)43-36(39)32(27-14-6-2-7-15-27)28-16-8-3-9-17-28/h2-25H,1H3. The third kappa shape index (κ3) is 4.59. The SMILES string of the molecule is Cc1ccc(N2C(=C(c3ccccc3)c3ccccc3)SC3(c4ccccc4)OC(=O)C(=O)C3=C2c2ccccc2)cc1. The summed E-state index contributed by atoms with van der Waals surface area (Å²) in [4.78, 5) is 28.1. The average molecular weight is 578 g/mol. The van der Waals surface area contributed by atoms with Gasteiger partial charge >= 0.3 is 5.97 Å². The molecule has 0 aliphatic carbocycles. The number of carbonyl (C=O) groups is 2. The second-order valence-corrected chi connectivity index (χ2v) is 11.6. The molecular weight excluding hydrogens is 550 g/mol. The second kappa shape index (κ2) is 10.9. The topological polar surface area (TPSA) is 46.6 Å². The molecule has 5 heteroatoms. The van der Waals surface area contributed by atoms with Crippen molar-refractivity contribution in [2.45, 2.75) is 11.9 Å². The molecule has 4 nitrogen and oxygen atoms in total. The van der Waals surface area contributed by atoms with Crippen molar-refractivity contribution in [3.63, 3.8) is 0 Å². The predicted octanol–water partition coefficient (Wildman–Crippen LogP) is 8.36. The molecule has 1 fully saturated rings. The molecule has 2 aliphatic heterocycles. The van der Waals surface area contributed by atoms with Gasteiger partial charge in [0, 0.05) is 16.8 Å². The zero-order chi connectivity index (χ0) is 29.4. The van der Waals surface area contributed by atoms with Gasteiger partial charge in [-0.05, 0) is 47.5 Å². The molecule has 0 saturated carbocycles. The van der Waals surface area contributed by atoms with Crippen molar-refractivity contribution in [2.75, 3.05) is 4.90 Å². The minimum Gasteiger partial charge on any atom is -0.432 e. The first-order chi connectivity index (χ1) is 21.1. The molecule has 0 spiro atoms. The molecular formula is C38H27NO3S. The van der Waals surface area contributed by atoms with Crippen LogP contribution in [-0.4, -0.2) is 11.8 Å².